The van der Waals surface area contributed by atoms with Crippen molar-refractivity contribution in [2.24, 2.45) is 0 Å². The number of aliphatic hydroxyl groups excluding tert-OH is 1. The Labute approximate surface area is 204 Å². The van der Waals surface area contributed by atoms with E-state index in [0.29, 0.717) is 24.5 Å². The summed E-state index contributed by atoms with van der Waals surface area (Å²) >= 11 is 0. The van der Waals surface area contributed by atoms with E-state index in [4.69, 9.17) is 9.26 Å². The molecule has 4 aromatic rings. The molecule has 1 N–H and O–H groups in total. The van der Waals surface area contributed by atoms with Crippen LogP contribution in [0.4, 0.5) is 4.39 Å². The summed E-state index contributed by atoms with van der Waals surface area (Å²) in [6.45, 7) is 1.94. The average molecular weight is 493 g/mol. The zero-order valence-electron chi connectivity index (χ0n) is 19.6. The summed E-state index contributed by atoms with van der Waals surface area (Å²) in [4.78, 5) is 24.8. The predicted molar refractivity (Wildman–Crippen MR) is 125 cm³/mol. The Morgan fingerprint density at radius 3 is 2.89 bits per heavy atom. The molecule has 1 aliphatic carbocycles. The number of nitriles is 1. The molecule has 0 amide bonds. The van der Waals surface area contributed by atoms with Gasteiger partial charge in [-0.1, -0.05) is 5.16 Å². The molecule has 4 heterocycles. The van der Waals surface area contributed by atoms with Crippen molar-refractivity contribution in [3.63, 3.8) is 0 Å². The van der Waals surface area contributed by atoms with Gasteiger partial charge >= 0.3 is 0 Å². The Bertz CT molecular complexity index is 1580. The topological polar surface area (TPSA) is 135 Å². The molecule has 2 fully saturated rings. The third-order valence-electron chi connectivity index (χ3n) is 7.21. The van der Waals surface area contributed by atoms with E-state index < -0.39 is 23.1 Å². The van der Waals surface area contributed by atoms with Gasteiger partial charge in [0.25, 0.3) is 11.4 Å². The number of methoxy groups -OCH3 is 1. The maximum atomic E-state index is 14.7. The molecule has 1 saturated heterocycles. The van der Waals surface area contributed by atoms with Gasteiger partial charge in [-0.15, -0.1) is 0 Å². The fraction of sp³-hybridized carbons (Fsp3) is 0.458. The molecule has 1 atom stereocenters. The van der Waals surface area contributed by atoms with E-state index in [1.54, 1.807) is 7.11 Å². The van der Waals surface area contributed by atoms with Crippen LogP contribution in [-0.2, 0) is 16.9 Å². The van der Waals surface area contributed by atoms with Gasteiger partial charge in [0.1, 0.15) is 40.6 Å². The quantitative estimate of drug-likeness (QED) is 0.427. The van der Waals surface area contributed by atoms with E-state index in [2.05, 4.69) is 20.0 Å². The highest BCUT2D eigenvalue weighted by Gasteiger charge is 2.50. The number of piperidine rings is 1. The van der Waals surface area contributed by atoms with Crippen LogP contribution in [0, 0.1) is 17.1 Å². The van der Waals surface area contributed by atoms with Gasteiger partial charge < -0.3 is 18.9 Å². The number of hydrogen-bond acceptors (Lipinski definition) is 9. The number of aromatic nitrogens is 5. The van der Waals surface area contributed by atoms with Gasteiger partial charge in [0.15, 0.2) is 0 Å². The molecule has 186 valence electrons. The number of hydrogen-bond donors (Lipinski definition) is 1. The fourth-order valence-corrected chi connectivity index (χ4v) is 5.07. The monoisotopic (exact) mass is 493 g/mol. The molecule has 1 unspecified atom stereocenters. The van der Waals surface area contributed by atoms with E-state index in [0.717, 1.165) is 32.2 Å². The predicted octanol–water partition coefficient (Wildman–Crippen LogP) is 1.80. The zero-order chi connectivity index (χ0) is 25.0. The normalized spacial score (nSPS) is 19.7. The number of imidazole rings is 1. The molecule has 1 aromatic carbocycles. The number of aliphatic hydroxyl groups is 1. The van der Waals surface area contributed by atoms with Crippen molar-refractivity contribution in [2.75, 3.05) is 26.7 Å². The van der Waals surface area contributed by atoms with Crippen LogP contribution in [0.3, 0.4) is 0 Å². The number of likely N-dealkylation sites (tertiary alicyclic amines) is 1. The lowest BCUT2D eigenvalue weighted by Crippen LogP contribution is -2.41. The Hall–Kier alpha value is -3.66. The molecule has 0 radical (unpaired) electrons. The van der Waals surface area contributed by atoms with Crippen LogP contribution in [-0.4, -0.2) is 66.9 Å². The second-order valence-electron chi connectivity index (χ2n) is 9.39. The molecule has 2 aliphatic rings. The molecule has 6 rings (SSSR count). The summed E-state index contributed by atoms with van der Waals surface area (Å²) in [5.74, 6) is -0.219. The lowest BCUT2D eigenvalue weighted by Gasteiger charge is -2.30. The van der Waals surface area contributed by atoms with Crippen LogP contribution in [0.15, 0.2) is 27.8 Å². The molecule has 11 nitrogen and oxygen atoms in total. The van der Waals surface area contributed by atoms with Gasteiger partial charge in [-0.05, 0) is 44.4 Å². The molecule has 36 heavy (non-hydrogen) atoms. The highest BCUT2D eigenvalue weighted by Crippen LogP contribution is 2.48. The number of benzene rings is 1. The minimum absolute atomic E-state index is 0.153. The summed E-state index contributed by atoms with van der Waals surface area (Å²) in [6, 6.07) is 4.64. The van der Waals surface area contributed by atoms with Gasteiger partial charge in [0.05, 0.1) is 17.1 Å². The first-order chi connectivity index (χ1) is 17.5. The Morgan fingerprint density at radius 2 is 2.17 bits per heavy atom. The van der Waals surface area contributed by atoms with Crippen molar-refractivity contribution in [2.45, 2.75) is 43.9 Å². The third-order valence-corrected chi connectivity index (χ3v) is 7.21. The van der Waals surface area contributed by atoms with Crippen LogP contribution >= 0.6 is 0 Å². The summed E-state index contributed by atoms with van der Waals surface area (Å²) in [5, 5.41) is 23.8. The van der Waals surface area contributed by atoms with E-state index in [9.17, 15) is 19.6 Å². The van der Waals surface area contributed by atoms with Gasteiger partial charge in [0.2, 0.25) is 5.82 Å². The Balaban J connectivity index is 1.52. The lowest BCUT2D eigenvalue weighted by molar-refractivity contribution is 0.0492. The SMILES string of the molecule is COC1(c2nc(-c3ncn4c3c(=O)n(CCN3CCCC(O)C3)c3c(C#N)c(F)ccc34)no2)CC1. The Morgan fingerprint density at radius 1 is 1.33 bits per heavy atom. The van der Waals surface area contributed by atoms with E-state index in [1.165, 1.54) is 27.4 Å². The number of rotatable bonds is 6. The lowest BCUT2D eigenvalue weighted by atomic mass is 10.1. The molecule has 12 heteroatoms. The van der Waals surface area contributed by atoms with Crippen molar-refractivity contribution in [1.82, 2.24) is 29.0 Å². The summed E-state index contributed by atoms with van der Waals surface area (Å²) < 4.78 is 28.5. The number of ether oxygens (including phenoxy) is 1. The van der Waals surface area contributed by atoms with Gasteiger partial charge in [-0.25, -0.2) is 9.37 Å². The first-order valence-electron chi connectivity index (χ1n) is 11.9. The molecule has 0 bridgehead atoms. The minimum Gasteiger partial charge on any atom is -0.392 e. The largest absolute Gasteiger partial charge is 0.392 e. The molecule has 1 saturated carbocycles. The van der Waals surface area contributed by atoms with Gasteiger partial charge in [-0.2, -0.15) is 10.2 Å². The number of fused-ring (bicyclic) bond motifs is 3. The van der Waals surface area contributed by atoms with Crippen molar-refractivity contribution in [3.05, 3.63) is 46.1 Å². The number of halogens is 1. The van der Waals surface area contributed by atoms with Gasteiger partial charge in [-0.3, -0.25) is 14.1 Å². The Kier molecular flexibility index (Phi) is 5.36. The summed E-state index contributed by atoms with van der Waals surface area (Å²) in [5.41, 5.74) is -0.167. The molecular formula is C24H24FN7O4. The smallest absolute Gasteiger partial charge is 0.277 e. The molecule has 1 aliphatic heterocycles. The average Bonchev–Trinajstić information content (AvgIpc) is 3.30. The van der Waals surface area contributed by atoms with Crippen molar-refractivity contribution in [1.29, 1.82) is 5.26 Å². The fourth-order valence-electron chi connectivity index (χ4n) is 5.07. The van der Waals surface area contributed by atoms with Crippen molar-refractivity contribution in [3.8, 4) is 17.6 Å². The van der Waals surface area contributed by atoms with Crippen LogP contribution in [0.5, 0.6) is 0 Å². The number of β-amino-alcohol motifs (C(OH)–C–C–N with tert-alkyl or cyclic N) is 1. The first kappa shape index (κ1) is 22.8. The summed E-state index contributed by atoms with van der Waals surface area (Å²) in [6.07, 6.45) is 4.14. The summed E-state index contributed by atoms with van der Waals surface area (Å²) in [7, 11) is 1.58. The zero-order valence-corrected chi connectivity index (χ0v) is 19.6. The second kappa shape index (κ2) is 8.48. The first-order valence-corrected chi connectivity index (χ1v) is 11.9. The van der Waals surface area contributed by atoms with E-state index in [1.807, 2.05) is 6.07 Å². The van der Waals surface area contributed by atoms with Crippen LogP contribution in [0.25, 0.3) is 28.1 Å². The highest BCUT2D eigenvalue weighted by molar-refractivity contribution is 5.87. The molecular weight excluding hydrogens is 469 g/mol. The van der Waals surface area contributed by atoms with Gasteiger partial charge in [0, 0.05) is 26.7 Å². The standard InChI is InChI=1S/C24H24FN7O4/c1-35-24(6-7-24)23-28-21(29-36-23)18-20-22(34)31(10-9-30-8-2-3-14(33)12-30)19-15(11-26)16(25)4-5-17(19)32(20)13-27-18/h4-5,13-14,33H,2-3,6-10,12H2,1H3. The molecule has 3 aromatic heterocycles. The maximum absolute atomic E-state index is 14.7. The third kappa shape index (κ3) is 3.50. The second-order valence-corrected chi connectivity index (χ2v) is 9.39. The molecule has 0 spiro atoms. The van der Waals surface area contributed by atoms with E-state index >= 15 is 0 Å². The minimum atomic E-state index is -0.705. The highest BCUT2D eigenvalue weighted by atomic mass is 19.1. The van der Waals surface area contributed by atoms with Crippen LogP contribution in [0.2, 0.25) is 0 Å². The number of nitrogens with zero attached hydrogens (tertiary/aromatic N) is 7. The maximum Gasteiger partial charge on any atom is 0.277 e. The van der Waals surface area contributed by atoms with Crippen molar-refractivity contribution < 1.29 is 18.8 Å². The van der Waals surface area contributed by atoms with Crippen molar-refractivity contribution >= 4 is 16.6 Å². The van der Waals surface area contributed by atoms with Crippen LogP contribution < -0.4 is 5.56 Å². The van der Waals surface area contributed by atoms with E-state index in [-0.39, 0.29) is 34.7 Å². The van der Waals surface area contributed by atoms with Crippen LogP contribution in [0.1, 0.15) is 37.1 Å².